The van der Waals surface area contributed by atoms with E-state index in [1.54, 1.807) is 37.6 Å². The summed E-state index contributed by atoms with van der Waals surface area (Å²) in [5.41, 5.74) is 5.18. The third-order valence-corrected chi connectivity index (χ3v) is 4.61. The zero-order chi connectivity index (χ0) is 19.5. The lowest BCUT2D eigenvalue weighted by Gasteiger charge is -2.08. The van der Waals surface area contributed by atoms with Gasteiger partial charge < -0.3 is 9.72 Å². The Hall–Kier alpha value is -3.58. The Morgan fingerprint density at radius 2 is 2.00 bits per heavy atom. The number of ether oxygens (including phenoxy) is 1. The highest BCUT2D eigenvalue weighted by Crippen LogP contribution is 2.19. The summed E-state index contributed by atoms with van der Waals surface area (Å²) >= 11 is 6.22. The van der Waals surface area contributed by atoms with Crippen LogP contribution in [-0.4, -0.2) is 28.1 Å². The number of hydrogen-bond donors (Lipinski definition) is 2. The predicted octanol–water partition coefficient (Wildman–Crippen LogP) is 3.82. The molecule has 7 nitrogen and oxygen atoms in total. The number of para-hydroxylation sites is 1. The summed E-state index contributed by atoms with van der Waals surface area (Å²) < 4.78 is 6.34. The molecule has 0 amide bonds. The number of fused-ring (bicyclic) bond motifs is 1. The van der Waals surface area contributed by atoms with E-state index in [1.165, 1.54) is 10.9 Å². The summed E-state index contributed by atoms with van der Waals surface area (Å²) in [6, 6.07) is 14.8. The van der Waals surface area contributed by atoms with E-state index in [-0.39, 0.29) is 5.02 Å². The number of H-pyrrole nitrogens is 1. The van der Waals surface area contributed by atoms with Crippen LogP contribution in [0, 0.1) is 0 Å². The van der Waals surface area contributed by atoms with Crippen molar-refractivity contribution in [3.05, 3.63) is 81.9 Å². The maximum absolute atomic E-state index is 12.6. The van der Waals surface area contributed by atoms with Crippen molar-refractivity contribution in [3.8, 4) is 11.4 Å². The normalized spacial score (nSPS) is 11.2. The highest BCUT2D eigenvalue weighted by Gasteiger charge is 2.10. The van der Waals surface area contributed by atoms with Gasteiger partial charge in [0.15, 0.2) is 0 Å². The molecule has 0 aliphatic carbocycles. The van der Waals surface area contributed by atoms with Crippen molar-refractivity contribution >= 4 is 34.4 Å². The highest BCUT2D eigenvalue weighted by atomic mass is 35.5. The van der Waals surface area contributed by atoms with Crippen LogP contribution in [0.3, 0.4) is 0 Å². The maximum Gasteiger partial charge on any atom is 0.292 e. The first-order chi connectivity index (χ1) is 13.7. The van der Waals surface area contributed by atoms with E-state index >= 15 is 0 Å². The summed E-state index contributed by atoms with van der Waals surface area (Å²) in [5, 5.41) is 9.39. The van der Waals surface area contributed by atoms with Crippen molar-refractivity contribution in [1.29, 1.82) is 0 Å². The second kappa shape index (κ2) is 7.58. The fourth-order valence-electron chi connectivity index (χ4n) is 2.79. The average Bonchev–Trinajstić information content (AvgIpc) is 3.15. The van der Waals surface area contributed by atoms with Crippen molar-refractivity contribution < 1.29 is 4.74 Å². The Kier molecular flexibility index (Phi) is 4.82. The van der Waals surface area contributed by atoms with E-state index in [9.17, 15) is 4.79 Å². The summed E-state index contributed by atoms with van der Waals surface area (Å²) in [7, 11) is 1.58. The van der Waals surface area contributed by atoms with E-state index < -0.39 is 5.56 Å². The second-order valence-corrected chi connectivity index (χ2v) is 6.32. The van der Waals surface area contributed by atoms with Gasteiger partial charge in [-0.1, -0.05) is 29.8 Å². The SMILES string of the molecule is COc1ccc(-n2ncc(N/N=C\c3c[nH]c4ccccc34)c(Cl)c2=O)cc1. The smallest absolute Gasteiger partial charge is 0.292 e. The molecule has 140 valence electrons. The van der Waals surface area contributed by atoms with Gasteiger partial charge in [0.1, 0.15) is 16.5 Å². The molecule has 0 atom stereocenters. The van der Waals surface area contributed by atoms with E-state index in [4.69, 9.17) is 16.3 Å². The lowest BCUT2D eigenvalue weighted by molar-refractivity contribution is 0.414. The van der Waals surface area contributed by atoms with Crippen molar-refractivity contribution in [2.75, 3.05) is 12.5 Å². The van der Waals surface area contributed by atoms with Crippen molar-refractivity contribution in [1.82, 2.24) is 14.8 Å². The third-order valence-electron chi connectivity index (χ3n) is 4.25. The van der Waals surface area contributed by atoms with E-state index in [0.29, 0.717) is 17.1 Å². The first-order valence-electron chi connectivity index (χ1n) is 8.45. The predicted molar refractivity (Wildman–Crippen MR) is 111 cm³/mol. The number of nitrogens with one attached hydrogen (secondary N) is 2. The summed E-state index contributed by atoms with van der Waals surface area (Å²) in [4.78, 5) is 15.7. The summed E-state index contributed by atoms with van der Waals surface area (Å²) in [5.74, 6) is 0.688. The number of hydrazone groups is 1. The molecule has 28 heavy (non-hydrogen) atoms. The van der Waals surface area contributed by atoms with Crippen LogP contribution in [0.5, 0.6) is 5.75 Å². The Bertz CT molecular complexity index is 1210. The Morgan fingerprint density at radius 1 is 1.21 bits per heavy atom. The molecule has 0 unspecified atom stereocenters. The molecule has 0 spiro atoms. The van der Waals surface area contributed by atoms with Gasteiger partial charge in [-0.05, 0) is 30.3 Å². The fraction of sp³-hybridized carbons (Fsp3) is 0.0500. The molecule has 4 rings (SSSR count). The van der Waals surface area contributed by atoms with Gasteiger partial charge in [0, 0.05) is 22.7 Å². The molecule has 0 saturated heterocycles. The summed E-state index contributed by atoms with van der Waals surface area (Å²) in [6.45, 7) is 0. The number of methoxy groups -OCH3 is 1. The van der Waals surface area contributed by atoms with Gasteiger partial charge in [-0.15, -0.1) is 0 Å². The lowest BCUT2D eigenvalue weighted by Crippen LogP contribution is -2.22. The van der Waals surface area contributed by atoms with Gasteiger partial charge in [-0.3, -0.25) is 10.2 Å². The largest absolute Gasteiger partial charge is 0.497 e. The zero-order valence-electron chi connectivity index (χ0n) is 14.9. The third kappa shape index (κ3) is 3.35. The molecule has 0 radical (unpaired) electrons. The Balaban J connectivity index is 1.57. The van der Waals surface area contributed by atoms with Crippen molar-refractivity contribution in [3.63, 3.8) is 0 Å². The summed E-state index contributed by atoms with van der Waals surface area (Å²) in [6.07, 6.45) is 4.97. The van der Waals surface area contributed by atoms with Gasteiger partial charge in [0.05, 0.1) is 25.2 Å². The second-order valence-electron chi connectivity index (χ2n) is 5.95. The van der Waals surface area contributed by atoms with Crippen LogP contribution in [0.1, 0.15) is 5.56 Å². The number of nitrogens with zero attached hydrogens (tertiary/aromatic N) is 3. The number of aromatic nitrogens is 3. The number of hydrogen-bond acceptors (Lipinski definition) is 5. The molecule has 2 N–H and O–H groups in total. The Morgan fingerprint density at radius 3 is 2.79 bits per heavy atom. The standard InChI is InChI=1S/C20H16ClN5O2/c1-28-15-8-6-14(7-9-15)26-20(27)19(21)18(12-24-26)25-23-11-13-10-22-17-5-3-2-4-16(13)17/h2-12,22,25H,1H3/b23-11-. The first kappa shape index (κ1) is 17.8. The number of aromatic amines is 1. The highest BCUT2D eigenvalue weighted by molar-refractivity contribution is 6.33. The lowest BCUT2D eigenvalue weighted by atomic mass is 10.2. The number of rotatable bonds is 5. The molecule has 0 bridgehead atoms. The van der Waals surface area contributed by atoms with Gasteiger partial charge in [-0.2, -0.15) is 14.9 Å². The molecule has 0 aliphatic rings. The molecule has 0 saturated carbocycles. The molecule has 4 aromatic rings. The average molecular weight is 394 g/mol. The number of anilines is 1. The number of benzene rings is 2. The topological polar surface area (TPSA) is 84.3 Å². The van der Waals surface area contributed by atoms with Crippen LogP contribution >= 0.6 is 11.6 Å². The quantitative estimate of drug-likeness (QED) is 0.398. The van der Waals surface area contributed by atoms with E-state index in [2.05, 4.69) is 20.6 Å². The van der Waals surface area contributed by atoms with Gasteiger partial charge in [0.25, 0.3) is 5.56 Å². The molecule has 2 heterocycles. The van der Waals surface area contributed by atoms with Crippen molar-refractivity contribution in [2.24, 2.45) is 5.10 Å². The first-order valence-corrected chi connectivity index (χ1v) is 8.82. The van der Waals surface area contributed by atoms with Crippen LogP contribution < -0.4 is 15.7 Å². The van der Waals surface area contributed by atoms with Gasteiger partial charge in [0.2, 0.25) is 0 Å². The van der Waals surface area contributed by atoms with Crippen LogP contribution in [0.2, 0.25) is 5.02 Å². The molecule has 0 fully saturated rings. The molecule has 2 aromatic heterocycles. The maximum atomic E-state index is 12.6. The van der Waals surface area contributed by atoms with Gasteiger partial charge >= 0.3 is 0 Å². The van der Waals surface area contributed by atoms with Crippen LogP contribution in [0.4, 0.5) is 5.69 Å². The monoisotopic (exact) mass is 393 g/mol. The molecule has 2 aromatic carbocycles. The van der Waals surface area contributed by atoms with E-state index in [1.807, 2.05) is 30.5 Å². The minimum Gasteiger partial charge on any atom is -0.497 e. The fourth-order valence-corrected chi connectivity index (χ4v) is 2.96. The molecule has 8 heteroatoms. The van der Waals surface area contributed by atoms with Crippen LogP contribution in [0.15, 0.2) is 70.8 Å². The minimum atomic E-state index is -0.445. The molecular weight excluding hydrogens is 378 g/mol. The van der Waals surface area contributed by atoms with E-state index in [0.717, 1.165) is 16.5 Å². The van der Waals surface area contributed by atoms with Crippen LogP contribution in [0.25, 0.3) is 16.6 Å². The zero-order valence-corrected chi connectivity index (χ0v) is 15.6. The molecular formula is C20H16ClN5O2. The minimum absolute atomic E-state index is 0.00175. The van der Waals surface area contributed by atoms with Crippen LogP contribution in [-0.2, 0) is 0 Å². The van der Waals surface area contributed by atoms with Crippen molar-refractivity contribution in [2.45, 2.75) is 0 Å². The Labute approximate surface area is 165 Å². The molecule has 0 aliphatic heterocycles. The number of halogens is 1. The van der Waals surface area contributed by atoms with Gasteiger partial charge in [-0.25, -0.2) is 0 Å².